The number of hydrogen-bond acceptors (Lipinski definition) is 5. The molecule has 0 spiro atoms. The smallest absolute Gasteiger partial charge is 0.253 e. The summed E-state index contributed by atoms with van der Waals surface area (Å²) in [6.07, 6.45) is 0. The van der Waals surface area contributed by atoms with Gasteiger partial charge in [0, 0.05) is 17.9 Å². The number of rotatable bonds is 5. The fourth-order valence-corrected chi connectivity index (χ4v) is 2.93. The topological polar surface area (TPSA) is 72.2 Å². The molecule has 2 aromatic heterocycles. The van der Waals surface area contributed by atoms with Crippen LogP contribution >= 0.6 is 11.8 Å². The fraction of sp³-hybridized carbons (Fsp3) is 0.294. The molecule has 0 bridgehead atoms. The molecule has 0 saturated carbocycles. The summed E-state index contributed by atoms with van der Waals surface area (Å²) < 4.78 is 14.5. The van der Waals surface area contributed by atoms with Crippen LogP contribution in [0.2, 0.25) is 0 Å². The molecule has 0 aliphatic heterocycles. The molecule has 0 radical (unpaired) electrons. The minimum absolute atomic E-state index is 0.134. The minimum Gasteiger partial charge on any atom is -0.351 e. The second kappa shape index (κ2) is 7.18. The van der Waals surface area contributed by atoms with E-state index < -0.39 is 0 Å². The highest BCUT2D eigenvalue weighted by atomic mass is 32.2. The number of halogens is 1. The standard InChI is InChI=1S/C17H18FN5OS/c1-10-11(2)20-16-21-17(22-23(16)12(10)3)25-9-15(24)19-8-13-4-6-14(18)7-5-13/h4-7H,8-9H2,1-3H3,(H,19,24). The molecule has 1 aromatic carbocycles. The quantitative estimate of drug-likeness (QED) is 0.709. The van der Waals surface area contributed by atoms with Gasteiger partial charge in [-0.2, -0.15) is 4.98 Å². The Hall–Kier alpha value is -2.48. The molecule has 3 aromatic rings. The van der Waals surface area contributed by atoms with E-state index in [2.05, 4.69) is 20.4 Å². The summed E-state index contributed by atoms with van der Waals surface area (Å²) in [4.78, 5) is 20.7. The van der Waals surface area contributed by atoms with Crippen molar-refractivity contribution < 1.29 is 9.18 Å². The number of carbonyl (C=O) groups excluding carboxylic acids is 1. The zero-order valence-corrected chi connectivity index (χ0v) is 15.0. The van der Waals surface area contributed by atoms with Crippen LogP contribution in [0.3, 0.4) is 0 Å². The molecule has 25 heavy (non-hydrogen) atoms. The van der Waals surface area contributed by atoms with E-state index in [1.54, 1.807) is 16.6 Å². The van der Waals surface area contributed by atoms with Crippen LogP contribution in [0, 0.1) is 26.6 Å². The summed E-state index contributed by atoms with van der Waals surface area (Å²) in [6.45, 7) is 6.26. The molecule has 0 aliphatic rings. The van der Waals surface area contributed by atoms with Gasteiger partial charge in [-0.1, -0.05) is 23.9 Å². The lowest BCUT2D eigenvalue weighted by atomic mass is 10.2. The van der Waals surface area contributed by atoms with Crippen molar-refractivity contribution in [1.82, 2.24) is 24.9 Å². The summed E-state index contributed by atoms with van der Waals surface area (Å²) >= 11 is 1.26. The van der Waals surface area contributed by atoms with Crippen molar-refractivity contribution >= 4 is 23.4 Å². The lowest BCUT2D eigenvalue weighted by Gasteiger charge is -2.04. The molecule has 130 valence electrons. The number of nitrogens with zero attached hydrogens (tertiary/aromatic N) is 4. The second-order valence-electron chi connectivity index (χ2n) is 5.71. The van der Waals surface area contributed by atoms with E-state index in [-0.39, 0.29) is 17.5 Å². The molecule has 6 nitrogen and oxygen atoms in total. The van der Waals surface area contributed by atoms with E-state index >= 15 is 0 Å². The van der Waals surface area contributed by atoms with Gasteiger partial charge < -0.3 is 5.32 Å². The molecular formula is C17H18FN5OS. The molecule has 0 saturated heterocycles. The van der Waals surface area contributed by atoms with Crippen molar-refractivity contribution in [3.63, 3.8) is 0 Å². The second-order valence-corrected chi connectivity index (χ2v) is 6.65. The van der Waals surface area contributed by atoms with Gasteiger partial charge in [0.15, 0.2) is 0 Å². The maximum Gasteiger partial charge on any atom is 0.253 e. The van der Waals surface area contributed by atoms with Crippen LogP contribution in [0.4, 0.5) is 4.39 Å². The number of fused-ring (bicyclic) bond motifs is 1. The van der Waals surface area contributed by atoms with Gasteiger partial charge in [0.05, 0.1) is 5.75 Å². The minimum atomic E-state index is -0.294. The third-order valence-electron chi connectivity index (χ3n) is 3.98. The van der Waals surface area contributed by atoms with Crippen molar-refractivity contribution in [3.8, 4) is 0 Å². The molecular weight excluding hydrogens is 341 g/mol. The van der Waals surface area contributed by atoms with Crippen LogP contribution in [0.5, 0.6) is 0 Å². The molecule has 1 N–H and O–H groups in total. The van der Waals surface area contributed by atoms with Crippen LogP contribution in [-0.4, -0.2) is 31.2 Å². The predicted molar refractivity (Wildman–Crippen MR) is 94.0 cm³/mol. The number of aromatic nitrogens is 4. The largest absolute Gasteiger partial charge is 0.351 e. The Morgan fingerprint density at radius 1 is 1.20 bits per heavy atom. The number of aryl methyl sites for hydroxylation is 2. The summed E-state index contributed by atoms with van der Waals surface area (Å²) in [7, 11) is 0. The molecule has 0 atom stereocenters. The van der Waals surface area contributed by atoms with Crippen molar-refractivity contribution in [1.29, 1.82) is 0 Å². The van der Waals surface area contributed by atoms with Crippen LogP contribution in [0.25, 0.3) is 5.78 Å². The zero-order valence-electron chi connectivity index (χ0n) is 14.2. The van der Waals surface area contributed by atoms with E-state index in [0.717, 1.165) is 22.5 Å². The summed E-state index contributed by atoms with van der Waals surface area (Å²) in [5, 5.41) is 7.70. The Labute approximate surface area is 148 Å². The summed E-state index contributed by atoms with van der Waals surface area (Å²) in [5.74, 6) is 0.313. The van der Waals surface area contributed by atoms with E-state index in [0.29, 0.717) is 17.5 Å². The Morgan fingerprint density at radius 3 is 2.64 bits per heavy atom. The Kier molecular flexibility index (Phi) is 4.98. The first-order valence-corrected chi connectivity index (χ1v) is 8.77. The lowest BCUT2D eigenvalue weighted by Crippen LogP contribution is -2.24. The highest BCUT2D eigenvalue weighted by molar-refractivity contribution is 7.99. The van der Waals surface area contributed by atoms with E-state index in [4.69, 9.17) is 0 Å². The average Bonchev–Trinajstić information content (AvgIpc) is 3.00. The van der Waals surface area contributed by atoms with Crippen LogP contribution in [0.1, 0.15) is 22.5 Å². The van der Waals surface area contributed by atoms with Crippen LogP contribution < -0.4 is 5.32 Å². The number of amides is 1. The van der Waals surface area contributed by atoms with Crippen molar-refractivity contribution in [2.75, 3.05) is 5.75 Å². The van der Waals surface area contributed by atoms with E-state index in [1.807, 2.05) is 20.8 Å². The summed E-state index contributed by atoms with van der Waals surface area (Å²) in [6, 6.07) is 6.03. The molecule has 0 aliphatic carbocycles. The molecule has 2 heterocycles. The van der Waals surface area contributed by atoms with Gasteiger partial charge in [0.1, 0.15) is 5.82 Å². The normalized spacial score (nSPS) is 11.0. The molecule has 3 rings (SSSR count). The number of benzene rings is 1. The van der Waals surface area contributed by atoms with Gasteiger partial charge in [-0.3, -0.25) is 4.79 Å². The van der Waals surface area contributed by atoms with Crippen molar-refractivity contribution in [3.05, 3.63) is 52.6 Å². The molecule has 8 heteroatoms. The first-order valence-electron chi connectivity index (χ1n) is 7.78. The van der Waals surface area contributed by atoms with Gasteiger partial charge in [-0.25, -0.2) is 13.9 Å². The Morgan fingerprint density at radius 2 is 1.92 bits per heavy atom. The fourth-order valence-electron chi connectivity index (χ4n) is 2.28. The third-order valence-corrected chi connectivity index (χ3v) is 4.81. The van der Waals surface area contributed by atoms with Crippen LogP contribution in [-0.2, 0) is 11.3 Å². The van der Waals surface area contributed by atoms with Gasteiger partial charge in [0.25, 0.3) is 5.78 Å². The monoisotopic (exact) mass is 359 g/mol. The van der Waals surface area contributed by atoms with Gasteiger partial charge in [-0.05, 0) is 44.0 Å². The van der Waals surface area contributed by atoms with E-state index in [1.165, 1.54) is 23.9 Å². The molecule has 0 unspecified atom stereocenters. The SMILES string of the molecule is Cc1nc2nc(SCC(=O)NCc3ccc(F)cc3)nn2c(C)c1C. The highest BCUT2D eigenvalue weighted by Gasteiger charge is 2.12. The highest BCUT2D eigenvalue weighted by Crippen LogP contribution is 2.17. The number of carbonyl (C=O) groups is 1. The van der Waals surface area contributed by atoms with E-state index in [9.17, 15) is 9.18 Å². The number of thioether (sulfide) groups is 1. The first-order chi connectivity index (χ1) is 11.9. The first kappa shape index (κ1) is 17.3. The van der Waals surface area contributed by atoms with Gasteiger partial charge in [0.2, 0.25) is 11.1 Å². The lowest BCUT2D eigenvalue weighted by molar-refractivity contribution is -0.118. The number of nitrogens with one attached hydrogen (secondary N) is 1. The van der Waals surface area contributed by atoms with Crippen LogP contribution in [0.15, 0.2) is 29.4 Å². The maximum atomic E-state index is 12.8. The Bertz CT molecular complexity index is 923. The predicted octanol–water partition coefficient (Wildman–Crippen LogP) is 2.60. The maximum absolute atomic E-state index is 12.8. The molecule has 0 fully saturated rings. The van der Waals surface area contributed by atoms with Crippen molar-refractivity contribution in [2.24, 2.45) is 0 Å². The third kappa shape index (κ3) is 3.96. The summed E-state index contributed by atoms with van der Waals surface area (Å²) in [5.41, 5.74) is 3.83. The Balaban J connectivity index is 1.59. The number of hydrogen-bond donors (Lipinski definition) is 1. The average molecular weight is 359 g/mol. The molecule has 1 amide bonds. The zero-order chi connectivity index (χ0) is 18.0. The van der Waals surface area contributed by atoms with Gasteiger partial charge in [-0.15, -0.1) is 5.10 Å². The van der Waals surface area contributed by atoms with Gasteiger partial charge >= 0.3 is 0 Å². The van der Waals surface area contributed by atoms with Crippen molar-refractivity contribution in [2.45, 2.75) is 32.5 Å².